The summed E-state index contributed by atoms with van der Waals surface area (Å²) < 4.78 is 19.7. The van der Waals surface area contributed by atoms with E-state index in [1.165, 1.54) is 19.2 Å². The lowest BCUT2D eigenvalue weighted by molar-refractivity contribution is -0.148. The van der Waals surface area contributed by atoms with E-state index in [9.17, 15) is 14.0 Å². The number of hydrogen-bond donors (Lipinski definition) is 0. The first-order chi connectivity index (χ1) is 14.4. The first kappa shape index (κ1) is 20.0. The van der Waals surface area contributed by atoms with Crippen molar-refractivity contribution in [3.05, 3.63) is 53.6 Å². The number of aromatic nitrogens is 3. The average Bonchev–Trinajstić information content (AvgIpc) is 3.18. The van der Waals surface area contributed by atoms with Crippen LogP contribution in [0, 0.1) is 24.6 Å². The van der Waals surface area contributed by atoms with Crippen LogP contribution in [0.1, 0.15) is 29.4 Å². The van der Waals surface area contributed by atoms with Gasteiger partial charge in [-0.15, -0.1) is 0 Å². The van der Waals surface area contributed by atoms with Crippen molar-refractivity contribution in [1.29, 1.82) is 0 Å². The molecule has 1 aromatic carbocycles. The molecule has 0 unspecified atom stereocenters. The summed E-state index contributed by atoms with van der Waals surface area (Å²) in [6.07, 6.45) is 2.19. The molecule has 3 heterocycles. The second kappa shape index (κ2) is 7.85. The van der Waals surface area contributed by atoms with Crippen LogP contribution in [-0.2, 0) is 9.53 Å². The molecule has 4 rings (SSSR count). The highest BCUT2D eigenvalue weighted by Crippen LogP contribution is 2.26. The van der Waals surface area contributed by atoms with Gasteiger partial charge in [0.2, 0.25) is 0 Å². The highest BCUT2D eigenvalue weighted by molar-refractivity contribution is 5.93. The predicted octanol–water partition coefficient (Wildman–Crippen LogP) is 3.12. The zero-order valence-corrected chi connectivity index (χ0v) is 17.1. The SMILES string of the molecule is COC(=O)[C@@H]1CCN(C(=O)c2cn3nc(-c4ccc(F)cc4)cc(C)c3n2)C[C@@H]1C. The van der Waals surface area contributed by atoms with E-state index >= 15 is 0 Å². The number of ether oxygens (including phenoxy) is 1. The number of aryl methyl sites for hydroxylation is 1. The highest BCUT2D eigenvalue weighted by Gasteiger charge is 2.34. The van der Waals surface area contributed by atoms with Crippen LogP contribution in [-0.4, -0.2) is 51.6 Å². The number of nitrogens with zero attached hydrogens (tertiary/aromatic N) is 4. The largest absolute Gasteiger partial charge is 0.469 e. The van der Waals surface area contributed by atoms with Crippen molar-refractivity contribution >= 4 is 17.5 Å². The minimum atomic E-state index is -0.308. The summed E-state index contributed by atoms with van der Waals surface area (Å²) in [4.78, 5) is 31.1. The Kier molecular flexibility index (Phi) is 5.24. The number of halogens is 1. The molecule has 0 aliphatic carbocycles. The van der Waals surface area contributed by atoms with Gasteiger partial charge in [-0.1, -0.05) is 6.92 Å². The molecule has 156 valence electrons. The van der Waals surface area contributed by atoms with Crippen molar-refractivity contribution in [3.8, 4) is 11.3 Å². The number of amides is 1. The zero-order chi connectivity index (χ0) is 21.4. The Bertz CT molecular complexity index is 1110. The van der Waals surface area contributed by atoms with E-state index in [0.29, 0.717) is 36.5 Å². The molecule has 1 amide bonds. The smallest absolute Gasteiger partial charge is 0.309 e. The second-order valence-electron chi connectivity index (χ2n) is 7.76. The van der Waals surface area contributed by atoms with E-state index in [0.717, 1.165) is 11.1 Å². The molecule has 30 heavy (non-hydrogen) atoms. The topological polar surface area (TPSA) is 76.8 Å². The average molecular weight is 410 g/mol. The molecule has 8 heteroatoms. The number of carbonyl (C=O) groups excluding carboxylic acids is 2. The van der Waals surface area contributed by atoms with Gasteiger partial charge in [0, 0.05) is 18.7 Å². The maximum Gasteiger partial charge on any atom is 0.309 e. The Labute approximate surface area is 173 Å². The van der Waals surface area contributed by atoms with Gasteiger partial charge >= 0.3 is 5.97 Å². The molecule has 0 bridgehead atoms. The van der Waals surface area contributed by atoms with Gasteiger partial charge < -0.3 is 9.64 Å². The van der Waals surface area contributed by atoms with Crippen molar-refractivity contribution in [2.45, 2.75) is 20.3 Å². The standard InChI is InChI=1S/C22H23FN4O3/c1-13-10-18(15-4-6-16(23)7-5-15)25-27-12-19(24-20(13)27)21(28)26-9-8-17(14(2)11-26)22(29)30-3/h4-7,10,12,14,17H,8-9,11H2,1-3H3/t14-,17+/m0/s1. The van der Waals surface area contributed by atoms with Gasteiger partial charge in [-0.3, -0.25) is 9.59 Å². The molecule has 1 saturated heterocycles. The fraction of sp³-hybridized carbons (Fsp3) is 0.364. The third kappa shape index (κ3) is 3.65. The number of piperidine rings is 1. The molecule has 1 fully saturated rings. The van der Waals surface area contributed by atoms with E-state index in [-0.39, 0.29) is 29.5 Å². The van der Waals surface area contributed by atoms with Crippen LogP contribution in [0.25, 0.3) is 16.9 Å². The van der Waals surface area contributed by atoms with Gasteiger partial charge in [-0.25, -0.2) is 13.9 Å². The molecular weight excluding hydrogens is 387 g/mol. The summed E-state index contributed by atoms with van der Waals surface area (Å²) in [6, 6.07) is 7.97. The summed E-state index contributed by atoms with van der Waals surface area (Å²) in [5, 5.41) is 4.55. The number of methoxy groups -OCH3 is 1. The lowest BCUT2D eigenvalue weighted by Crippen LogP contribution is -2.45. The second-order valence-corrected chi connectivity index (χ2v) is 7.76. The van der Waals surface area contributed by atoms with Crippen molar-refractivity contribution in [2.24, 2.45) is 11.8 Å². The van der Waals surface area contributed by atoms with Crippen LogP contribution in [0.15, 0.2) is 36.5 Å². The number of benzene rings is 1. The van der Waals surface area contributed by atoms with Gasteiger partial charge in [-0.2, -0.15) is 5.10 Å². The third-order valence-corrected chi connectivity index (χ3v) is 5.66. The monoisotopic (exact) mass is 410 g/mol. The van der Waals surface area contributed by atoms with Crippen LogP contribution < -0.4 is 0 Å². The number of imidazole rings is 1. The number of rotatable bonds is 3. The summed E-state index contributed by atoms with van der Waals surface area (Å²) in [5.41, 5.74) is 3.22. The molecule has 0 radical (unpaired) electrons. The highest BCUT2D eigenvalue weighted by atomic mass is 19.1. The fourth-order valence-corrected chi connectivity index (χ4v) is 3.99. The fourth-order valence-electron chi connectivity index (χ4n) is 3.99. The molecule has 0 N–H and O–H groups in total. The van der Waals surface area contributed by atoms with Crippen LogP contribution >= 0.6 is 0 Å². The minimum Gasteiger partial charge on any atom is -0.469 e. The Morgan fingerprint density at radius 3 is 2.63 bits per heavy atom. The van der Waals surface area contributed by atoms with Crippen LogP contribution in [0.4, 0.5) is 4.39 Å². The maximum atomic E-state index is 13.2. The van der Waals surface area contributed by atoms with E-state index in [4.69, 9.17) is 4.74 Å². The van der Waals surface area contributed by atoms with E-state index in [1.54, 1.807) is 27.7 Å². The summed E-state index contributed by atoms with van der Waals surface area (Å²) in [7, 11) is 1.39. The number of likely N-dealkylation sites (tertiary alicyclic amines) is 1. The summed E-state index contributed by atoms with van der Waals surface area (Å²) >= 11 is 0. The number of hydrogen-bond acceptors (Lipinski definition) is 5. The van der Waals surface area contributed by atoms with Crippen molar-refractivity contribution in [1.82, 2.24) is 19.5 Å². The van der Waals surface area contributed by atoms with Crippen LogP contribution in [0.5, 0.6) is 0 Å². The molecule has 3 aromatic rings. The summed E-state index contributed by atoms with van der Waals surface area (Å²) in [6.45, 7) is 4.80. The lowest BCUT2D eigenvalue weighted by atomic mass is 9.87. The van der Waals surface area contributed by atoms with E-state index in [2.05, 4.69) is 10.1 Å². The third-order valence-electron chi connectivity index (χ3n) is 5.66. The van der Waals surface area contributed by atoms with Crippen LogP contribution in [0.2, 0.25) is 0 Å². The first-order valence-corrected chi connectivity index (χ1v) is 9.87. The molecular formula is C22H23FN4O3. The van der Waals surface area contributed by atoms with E-state index < -0.39 is 0 Å². The molecule has 1 aliphatic rings. The first-order valence-electron chi connectivity index (χ1n) is 9.87. The molecule has 0 spiro atoms. The molecule has 0 saturated carbocycles. The molecule has 1 aliphatic heterocycles. The lowest BCUT2D eigenvalue weighted by Gasteiger charge is -2.35. The van der Waals surface area contributed by atoms with Crippen molar-refractivity contribution < 1.29 is 18.7 Å². The Hall–Kier alpha value is -3.29. The number of esters is 1. The van der Waals surface area contributed by atoms with Gasteiger partial charge in [0.1, 0.15) is 11.5 Å². The molecule has 2 atom stereocenters. The maximum absolute atomic E-state index is 13.2. The van der Waals surface area contributed by atoms with Crippen molar-refractivity contribution in [3.63, 3.8) is 0 Å². The Balaban J connectivity index is 1.59. The number of fused-ring (bicyclic) bond motifs is 1. The number of carbonyl (C=O) groups is 2. The van der Waals surface area contributed by atoms with Gasteiger partial charge in [0.15, 0.2) is 5.65 Å². The quantitative estimate of drug-likeness (QED) is 0.620. The van der Waals surface area contributed by atoms with Gasteiger partial charge in [-0.05, 0) is 55.2 Å². The van der Waals surface area contributed by atoms with Crippen LogP contribution in [0.3, 0.4) is 0 Å². The van der Waals surface area contributed by atoms with Gasteiger partial charge in [0.05, 0.1) is 24.9 Å². The molecule has 7 nitrogen and oxygen atoms in total. The van der Waals surface area contributed by atoms with E-state index in [1.807, 2.05) is 19.9 Å². The zero-order valence-electron chi connectivity index (χ0n) is 17.1. The summed E-state index contributed by atoms with van der Waals surface area (Å²) in [5.74, 6) is -0.898. The Morgan fingerprint density at radius 1 is 1.23 bits per heavy atom. The van der Waals surface area contributed by atoms with Crippen molar-refractivity contribution in [2.75, 3.05) is 20.2 Å². The molecule has 2 aromatic heterocycles. The predicted molar refractivity (Wildman–Crippen MR) is 108 cm³/mol. The normalized spacial score (nSPS) is 19.1. The van der Waals surface area contributed by atoms with Gasteiger partial charge in [0.25, 0.3) is 5.91 Å². The minimum absolute atomic E-state index is 0.0112. The Morgan fingerprint density at radius 2 is 1.97 bits per heavy atom.